The standard InChI is InChI=1S/C13H9F2NO3/c14-10-5-1-3-8(11(10)15)7-16-6-2-4-9(12(16)17)13(18)19/h1-6H,7H2,(H,18,19). The molecule has 2 aromatic rings. The zero-order valence-electron chi connectivity index (χ0n) is 9.64. The van der Waals surface area contributed by atoms with Crippen LogP contribution < -0.4 is 5.56 Å². The Hall–Kier alpha value is -2.50. The highest BCUT2D eigenvalue weighted by atomic mass is 19.2. The van der Waals surface area contributed by atoms with Gasteiger partial charge >= 0.3 is 5.97 Å². The van der Waals surface area contributed by atoms with Crippen molar-refractivity contribution in [2.24, 2.45) is 0 Å². The molecule has 0 saturated carbocycles. The summed E-state index contributed by atoms with van der Waals surface area (Å²) in [5.41, 5.74) is -1.21. The Morgan fingerprint density at radius 1 is 1.21 bits per heavy atom. The lowest BCUT2D eigenvalue weighted by Gasteiger charge is -2.07. The van der Waals surface area contributed by atoms with E-state index in [1.165, 1.54) is 24.4 Å². The van der Waals surface area contributed by atoms with Gasteiger partial charge in [0.05, 0.1) is 6.54 Å². The number of aromatic carboxylic acids is 1. The van der Waals surface area contributed by atoms with Gasteiger partial charge in [0.15, 0.2) is 11.6 Å². The first-order chi connectivity index (χ1) is 9.00. The molecule has 0 saturated heterocycles. The maximum atomic E-state index is 13.5. The van der Waals surface area contributed by atoms with Crippen molar-refractivity contribution in [3.63, 3.8) is 0 Å². The fourth-order valence-electron chi connectivity index (χ4n) is 1.68. The van der Waals surface area contributed by atoms with E-state index in [2.05, 4.69) is 0 Å². The van der Waals surface area contributed by atoms with Crippen LogP contribution in [0.3, 0.4) is 0 Å². The van der Waals surface area contributed by atoms with Crippen molar-refractivity contribution in [1.82, 2.24) is 4.57 Å². The fourth-order valence-corrected chi connectivity index (χ4v) is 1.68. The molecule has 0 aliphatic heterocycles. The summed E-state index contributed by atoms with van der Waals surface area (Å²) in [6.07, 6.45) is 1.32. The molecule has 2 rings (SSSR count). The zero-order valence-corrected chi connectivity index (χ0v) is 9.64. The zero-order chi connectivity index (χ0) is 14.0. The summed E-state index contributed by atoms with van der Waals surface area (Å²) < 4.78 is 27.5. The summed E-state index contributed by atoms with van der Waals surface area (Å²) in [5.74, 6) is -3.42. The topological polar surface area (TPSA) is 59.3 Å². The van der Waals surface area contributed by atoms with Crippen molar-refractivity contribution in [3.8, 4) is 0 Å². The molecule has 0 amide bonds. The monoisotopic (exact) mass is 265 g/mol. The number of pyridine rings is 1. The highest BCUT2D eigenvalue weighted by molar-refractivity contribution is 5.86. The Bertz CT molecular complexity index is 695. The van der Waals surface area contributed by atoms with Crippen LogP contribution in [0.15, 0.2) is 41.3 Å². The van der Waals surface area contributed by atoms with Gasteiger partial charge in [0.1, 0.15) is 5.56 Å². The van der Waals surface area contributed by atoms with E-state index in [4.69, 9.17) is 5.11 Å². The average Bonchev–Trinajstić information content (AvgIpc) is 2.37. The summed E-state index contributed by atoms with van der Waals surface area (Å²) in [6, 6.07) is 6.14. The highest BCUT2D eigenvalue weighted by Crippen LogP contribution is 2.12. The molecular formula is C13H9F2NO3. The van der Waals surface area contributed by atoms with E-state index in [1.807, 2.05) is 0 Å². The Balaban J connectivity index is 2.45. The van der Waals surface area contributed by atoms with Crippen molar-refractivity contribution in [3.05, 3.63) is 69.6 Å². The Morgan fingerprint density at radius 3 is 2.63 bits per heavy atom. The van der Waals surface area contributed by atoms with Gasteiger partial charge in [-0.25, -0.2) is 13.6 Å². The first-order valence-electron chi connectivity index (χ1n) is 5.36. The second-order valence-electron chi connectivity index (χ2n) is 3.87. The van der Waals surface area contributed by atoms with Crippen LogP contribution in [0.1, 0.15) is 15.9 Å². The molecule has 0 fully saturated rings. The van der Waals surface area contributed by atoms with Gasteiger partial charge in [-0.3, -0.25) is 4.79 Å². The predicted octanol–water partition coefficient (Wildman–Crippen LogP) is 1.87. The average molecular weight is 265 g/mol. The highest BCUT2D eigenvalue weighted by Gasteiger charge is 2.12. The van der Waals surface area contributed by atoms with Crippen LogP contribution in [0, 0.1) is 11.6 Å². The SMILES string of the molecule is O=C(O)c1cccn(Cc2cccc(F)c2F)c1=O. The van der Waals surface area contributed by atoms with E-state index in [0.29, 0.717) is 0 Å². The van der Waals surface area contributed by atoms with Crippen molar-refractivity contribution in [2.45, 2.75) is 6.54 Å². The van der Waals surface area contributed by atoms with Crippen molar-refractivity contribution < 1.29 is 18.7 Å². The molecule has 98 valence electrons. The van der Waals surface area contributed by atoms with E-state index >= 15 is 0 Å². The molecule has 1 N–H and O–H groups in total. The number of halogens is 2. The third-order valence-electron chi connectivity index (χ3n) is 2.62. The van der Waals surface area contributed by atoms with E-state index in [1.54, 1.807) is 0 Å². The third-order valence-corrected chi connectivity index (χ3v) is 2.62. The summed E-state index contributed by atoms with van der Waals surface area (Å²) in [5, 5.41) is 8.81. The number of hydrogen-bond acceptors (Lipinski definition) is 2. The normalized spacial score (nSPS) is 10.4. The molecule has 0 unspecified atom stereocenters. The van der Waals surface area contributed by atoms with E-state index < -0.39 is 28.7 Å². The van der Waals surface area contributed by atoms with Crippen LogP contribution >= 0.6 is 0 Å². The molecule has 1 heterocycles. The summed E-state index contributed by atoms with van der Waals surface area (Å²) in [4.78, 5) is 22.6. The molecule has 0 atom stereocenters. The summed E-state index contributed by atoms with van der Waals surface area (Å²) >= 11 is 0. The molecule has 0 radical (unpaired) electrons. The van der Waals surface area contributed by atoms with Crippen LogP contribution in [-0.2, 0) is 6.54 Å². The first kappa shape index (κ1) is 12.9. The molecule has 19 heavy (non-hydrogen) atoms. The van der Waals surface area contributed by atoms with Gasteiger partial charge in [0.2, 0.25) is 0 Å². The number of hydrogen-bond donors (Lipinski definition) is 1. The molecule has 6 heteroatoms. The molecule has 0 aliphatic rings. The van der Waals surface area contributed by atoms with Gasteiger partial charge in [-0.2, -0.15) is 0 Å². The van der Waals surface area contributed by atoms with Gasteiger partial charge in [0, 0.05) is 11.8 Å². The smallest absolute Gasteiger partial charge is 0.341 e. The largest absolute Gasteiger partial charge is 0.477 e. The summed E-state index contributed by atoms with van der Waals surface area (Å²) in [7, 11) is 0. The Kier molecular flexibility index (Phi) is 3.41. The van der Waals surface area contributed by atoms with E-state index in [-0.39, 0.29) is 12.1 Å². The summed E-state index contributed by atoms with van der Waals surface area (Å²) in [6.45, 7) is -0.233. The van der Waals surface area contributed by atoms with Gasteiger partial charge in [0.25, 0.3) is 5.56 Å². The number of nitrogens with zero attached hydrogens (tertiary/aromatic N) is 1. The van der Waals surface area contributed by atoms with Crippen LogP contribution in [0.25, 0.3) is 0 Å². The quantitative estimate of drug-likeness (QED) is 0.921. The molecule has 4 nitrogen and oxygen atoms in total. The molecule has 0 aliphatic carbocycles. The molecule has 1 aromatic carbocycles. The lowest BCUT2D eigenvalue weighted by Crippen LogP contribution is -2.26. The predicted molar refractivity (Wildman–Crippen MR) is 63.1 cm³/mol. The van der Waals surface area contributed by atoms with Crippen molar-refractivity contribution in [1.29, 1.82) is 0 Å². The van der Waals surface area contributed by atoms with Gasteiger partial charge in [-0.15, -0.1) is 0 Å². The van der Waals surface area contributed by atoms with Gasteiger partial charge < -0.3 is 9.67 Å². The van der Waals surface area contributed by atoms with Gasteiger partial charge in [-0.1, -0.05) is 12.1 Å². The fraction of sp³-hybridized carbons (Fsp3) is 0.0769. The molecular weight excluding hydrogens is 256 g/mol. The molecule has 0 bridgehead atoms. The molecule has 0 spiro atoms. The minimum Gasteiger partial charge on any atom is -0.477 e. The lowest BCUT2D eigenvalue weighted by atomic mass is 10.2. The van der Waals surface area contributed by atoms with Crippen LogP contribution in [0.5, 0.6) is 0 Å². The first-order valence-corrected chi connectivity index (χ1v) is 5.36. The van der Waals surface area contributed by atoms with Crippen molar-refractivity contribution >= 4 is 5.97 Å². The second-order valence-corrected chi connectivity index (χ2v) is 3.87. The number of benzene rings is 1. The minimum absolute atomic E-state index is 0.0235. The second kappa shape index (κ2) is 5.01. The van der Waals surface area contributed by atoms with Crippen LogP contribution in [-0.4, -0.2) is 15.6 Å². The van der Waals surface area contributed by atoms with E-state index in [9.17, 15) is 18.4 Å². The number of carboxylic acid groups (broad SMARTS) is 1. The number of rotatable bonds is 3. The van der Waals surface area contributed by atoms with Gasteiger partial charge in [-0.05, 0) is 18.2 Å². The maximum absolute atomic E-state index is 13.5. The maximum Gasteiger partial charge on any atom is 0.341 e. The van der Waals surface area contributed by atoms with Crippen LogP contribution in [0.4, 0.5) is 8.78 Å². The van der Waals surface area contributed by atoms with E-state index in [0.717, 1.165) is 16.7 Å². The number of aromatic nitrogens is 1. The third kappa shape index (κ3) is 2.52. The Labute approximate surface area is 106 Å². The number of carboxylic acids is 1. The minimum atomic E-state index is -1.36. The van der Waals surface area contributed by atoms with Crippen molar-refractivity contribution in [2.75, 3.05) is 0 Å². The number of carbonyl (C=O) groups is 1. The lowest BCUT2D eigenvalue weighted by molar-refractivity contribution is 0.0694. The Morgan fingerprint density at radius 2 is 1.95 bits per heavy atom. The molecule has 1 aromatic heterocycles. The van der Waals surface area contributed by atoms with Crippen LogP contribution in [0.2, 0.25) is 0 Å².